The van der Waals surface area contributed by atoms with Crippen LogP contribution in [0.15, 0.2) is 18.2 Å². The summed E-state index contributed by atoms with van der Waals surface area (Å²) in [5.74, 6) is 0.598. The fourth-order valence-corrected chi connectivity index (χ4v) is 2.18. The van der Waals surface area contributed by atoms with Crippen molar-refractivity contribution in [3.05, 3.63) is 23.8 Å². The van der Waals surface area contributed by atoms with Gasteiger partial charge >= 0.3 is 0 Å². The monoisotopic (exact) mass is 234 g/mol. The molecule has 0 heterocycles. The van der Waals surface area contributed by atoms with Crippen molar-refractivity contribution >= 4 is 11.6 Å². The van der Waals surface area contributed by atoms with E-state index in [4.69, 9.17) is 10.5 Å². The lowest BCUT2D eigenvalue weighted by molar-refractivity contribution is -0.114. The lowest BCUT2D eigenvalue weighted by Gasteiger charge is -2.20. The molecule has 92 valence electrons. The Bertz CT molecular complexity index is 439. The average Bonchev–Trinajstić information content (AvgIpc) is 3.09. The minimum Gasteiger partial charge on any atom is -0.495 e. The molecule has 2 rings (SSSR count). The first-order chi connectivity index (χ1) is 8.13. The van der Waals surface area contributed by atoms with Crippen molar-refractivity contribution in [2.75, 3.05) is 19.0 Å². The van der Waals surface area contributed by atoms with Gasteiger partial charge in [0.2, 0.25) is 5.91 Å². The smallest absolute Gasteiger partial charge is 0.221 e. The Labute approximate surface area is 101 Å². The summed E-state index contributed by atoms with van der Waals surface area (Å²) < 4.78 is 5.30. The Morgan fingerprint density at radius 1 is 1.53 bits per heavy atom. The second-order valence-electron chi connectivity index (χ2n) is 4.55. The third-order valence-electron chi connectivity index (χ3n) is 3.36. The maximum atomic E-state index is 11.3. The van der Waals surface area contributed by atoms with Crippen molar-refractivity contribution in [1.82, 2.24) is 0 Å². The third-order valence-corrected chi connectivity index (χ3v) is 3.36. The number of hydrogen-bond acceptors (Lipinski definition) is 3. The molecule has 0 aromatic heterocycles. The van der Waals surface area contributed by atoms with E-state index < -0.39 is 0 Å². The van der Waals surface area contributed by atoms with Crippen molar-refractivity contribution in [2.24, 2.45) is 5.73 Å². The highest BCUT2D eigenvalue weighted by atomic mass is 16.5. The molecule has 4 nitrogen and oxygen atoms in total. The van der Waals surface area contributed by atoms with Crippen LogP contribution in [0.25, 0.3) is 0 Å². The van der Waals surface area contributed by atoms with Crippen LogP contribution in [0.5, 0.6) is 5.75 Å². The van der Waals surface area contributed by atoms with Crippen LogP contribution in [0.2, 0.25) is 0 Å². The van der Waals surface area contributed by atoms with Crippen LogP contribution in [0.4, 0.5) is 5.69 Å². The molecule has 0 unspecified atom stereocenters. The molecule has 0 spiro atoms. The number of carbonyl (C=O) groups is 1. The molecule has 1 amide bonds. The summed E-state index contributed by atoms with van der Waals surface area (Å²) in [7, 11) is 1.60. The first-order valence-electron chi connectivity index (χ1n) is 5.78. The molecule has 4 heteroatoms. The van der Waals surface area contributed by atoms with E-state index in [-0.39, 0.29) is 11.3 Å². The Balaban J connectivity index is 2.47. The first-order valence-corrected chi connectivity index (χ1v) is 5.78. The van der Waals surface area contributed by atoms with Gasteiger partial charge in [-0.1, -0.05) is 12.1 Å². The molecule has 1 aromatic carbocycles. The maximum absolute atomic E-state index is 11.3. The van der Waals surface area contributed by atoms with Crippen LogP contribution in [0, 0.1) is 0 Å². The van der Waals surface area contributed by atoms with Crippen molar-refractivity contribution in [1.29, 1.82) is 0 Å². The van der Waals surface area contributed by atoms with E-state index in [0.717, 1.165) is 24.1 Å². The Kier molecular flexibility index (Phi) is 3.07. The van der Waals surface area contributed by atoms with E-state index in [1.165, 1.54) is 6.92 Å². The zero-order valence-corrected chi connectivity index (χ0v) is 10.2. The number of para-hydroxylation sites is 1. The molecule has 1 saturated carbocycles. The molecule has 3 N–H and O–H groups in total. The number of carbonyl (C=O) groups excluding carboxylic acids is 1. The van der Waals surface area contributed by atoms with E-state index in [0.29, 0.717) is 12.3 Å². The van der Waals surface area contributed by atoms with E-state index in [2.05, 4.69) is 5.32 Å². The molecule has 1 aliphatic rings. The summed E-state index contributed by atoms with van der Waals surface area (Å²) >= 11 is 0. The van der Waals surface area contributed by atoms with Gasteiger partial charge in [-0.2, -0.15) is 0 Å². The first kappa shape index (κ1) is 11.9. The van der Waals surface area contributed by atoms with Gasteiger partial charge < -0.3 is 15.8 Å². The van der Waals surface area contributed by atoms with Crippen LogP contribution < -0.4 is 15.8 Å². The molecule has 17 heavy (non-hydrogen) atoms. The number of nitrogens with one attached hydrogen (secondary N) is 1. The van der Waals surface area contributed by atoms with Crippen molar-refractivity contribution in [2.45, 2.75) is 25.2 Å². The van der Waals surface area contributed by atoms with Crippen LogP contribution in [0.3, 0.4) is 0 Å². The van der Waals surface area contributed by atoms with Gasteiger partial charge in [-0.05, 0) is 24.5 Å². The Hall–Kier alpha value is -1.55. The molecular weight excluding hydrogens is 216 g/mol. The van der Waals surface area contributed by atoms with E-state index in [1.807, 2.05) is 18.2 Å². The lowest BCUT2D eigenvalue weighted by Crippen LogP contribution is -2.22. The van der Waals surface area contributed by atoms with Crippen LogP contribution in [0.1, 0.15) is 25.3 Å². The summed E-state index contributed by atoms with van der Waals surface area (Å²) in [6.45, 7) is 2.10. The Morgan fingerprint density at radius 2 is 2.24 bits per heavy atom. The molecule has 0 atom stereocenters. The maximum Gasteiger partial charge on any atom is 0.221 e. The molecule has 0 radical (unpaired) electrons. The van der Waals surface area contributed by atoms with E-state index >= 15 is 0 Å². The summed E-state index contributed by atoms with van der Waals surface area (Å²) in [4.78, 5) is 11.3. The molecule has 0 aliphatic heterocycles. The van der Waals surface area contributed by atoms with Gasteiger partial charge in [0.05, 0.1) is 12.8 Å². The van der Waals surface area contributed by atoms with Gasteiger partial charge in [0.15, 0.2) is 0 Å². The van der Waals surface area contributed by atoms with Crippen LogP contribution in [-0.2, 0) is 10.2 Å². The average molecular weight is 234 g/mol. The SMILES string of the molecule is COc1cccc(C2(CN)CC2)c1NC(C)=O. The number of nitrogens with two attached hydrogens (primary N) is 1. The van der Waals surface area contributed by atoms with Gasteiger partial charge in [-0.15, -0.1) is 0 Å². The lowest BCUT2D eigenvalue weighted by atomic mass is 9.94. The number of ether oxygens (including phenoxy) is 1. The predicted molar refractivity (Wildman–Crippen MR) is 67.3 cm³/mol. The highest BCUT2D eigenvalue weighted by Gasteiger charge is 2.45. The molecule has 0 saturated heterocycles. The van der Waals surface area contributed by atoms with Gasteiger partial charge in [0.25, 0.3) is 0 Å². The number of benzene rings is 1. The van der Waals surface area contributed by atoms with Crippen molar-refractivity contribution in [3.63, 3.8) is 0 Å². The standard InChI is InChI=1S/C13H18N2O2/c1-9(16)15-12-10(13(8-14)6-7-13)4-3-5-11(12)17-2/h3-5H,6-8,14H2,1-2H3,(H,15,16). The van der Waals surface area contributed by atoms with Gasteiger partial charge in [-0.3, -0.25) is 4.79 Å². The summed E-state index contributed by atoms with van der Waals surface area (Å²) in [5, 5.41) is 2.85. The fourth-order valence-electron chi connectivity index (χ4n) is 2.18. The summed E-state index contributed by atoms with van der Waals surface area (Å²) in [6.07, 6.45) is 2.15. The number of anilines is 1. The molecule has 1 fully saturated rings. The molecule has 1 aromatic rings. The topological polar surface area (TPSA) is 64.3 Å². The van der Waals surface area contributed by atoms with Crippen LogP contribution >= 0.6 is 0 Å². The zero-order chi connectivity index (χ0) is 12.5. The highest BCUT2D eigenvalue weighted by molar-refractivity contribution is 5.92. The van der Waals surface area contributed by atoms with Crippen LogP contribution in [-0.4, -0.2) is 19.6 Å². The molecule has 0 bridgehead atoms. The zero-order valence-electron chi connectivity index (χ0n) is 10.2. The minimum atomic E-state index is -0.0939. The summed E-state index contributed by atoms with van der Waals surface area (Å²) in [5.41, 5.74) is 7.73. The third kappa shape index (κ3) is 2.13. The fraction of sp³-hybridized carbons (Fsp3) is 0.462. The quantitative estimate of drug-likeness (QED) is 0.832. The van der Waals surface area contributed by atoms with Gasteiger partial charge in [-0.25, -0.2) is 0 Å². The summed E-state index contributed by atoms with van der Waals surface area (Å²) in [6, 6.07) is 5.81. The number of amides is 1. The normalized spacial score (nSPS) is 16.4. The minimum absolute atomic E-state index is 0.0341. The van der Waals surface area contributed by atoms with Crippen molar-refractivity contribution in [3.8, 4) is 5.75 Å². The van der Waals surface area contributed by atoms with E-state index in [1.54, 1.807) is 7.11 Å². The largest absolute Gasteiger partial charge is 0.495 e. The molecular formula is C13H18N2O2. The van der Waals surface area contributed by atoms with Gasteiger partial charge in [0.1, 0.15) is 5.75 Å². The van der Waals surface area contributed by atoms with Crippen molar-refractivity contribution < 1.29 is 9.53 Å². The number of hydrogen-bond donors (Lipinski definition) is 2. The second kappa shape index (κ2) is 4.37. The van der Waals surface area contributed by atoms with Gasteiger partial charge in [0, 0.05) is 18.9 Å². The second-order valence-corrected chi connectivity index (χ2v) is 4.55. The molecule has 1 aliphatic carbocycles. The Morgan fingerprint density at radius 3 is 2.71 bits per heavy atom. The van der Waals surface area contributed by atoms with E-state index in [9.17, 15) is 4.79 Å². The number of rotatable bonds is 4. The number of methoxy groups -OCH3 is 1. The highest BCUT2D eigenvalue weighted by Crippen LogP contribution is 2.51. The predicted octanol–water partition coefficient (Wildman–Crippen LogP) is 1.64.